The first-order chi connectivity index (χ1) is 7.00. The number of rotatable bonds is 3. The van der Waals surface area contributed by atoms with Gasteiger partial charge in [0.25, 0.3) is 5.91 Å². The molecule has 0 spiro atoms. The average molecular weight is 205 g/mol. The number of carbonyl (C=O) groups excluding carboxylic acids is 2. The van der Waals surface area contributed by atoms with Crippen LogP contribution in [0.1, 0.15) is 23.6 Å². The third-order valence-corrected chi connectivity index (χ3v) is 2.26. The molecule has 1 N–H and O–H groups in total. The van der Waals surface area contributed by atoms with Gasteiger partial charge in [-0.3, -0.25) is 9.59 Å². The molecule has 0 aromatic heterocycles. The van der Waals surface area contributed by atoms with Gasteiger partial charge in [0, 0.05) is 13.5 Å². The highest BCUT2D eigenvalue weighted by atomic mass is 16.2. The number of amides is 1. The Morgan fingerprint density at radius 2 is 1.93 bits per heavy atom. The van der Waals surface area contributed by atoms with Crippen LogP contribution in [-0.2, 0) is 16.1 Å². The fraction of sp³-hybridized carbons (Fsp3) is 0.333. The maximum atomic E-state index is 11.0. The van der Waals surface area contributed by atoms with Crippen molar-refractivity contribution in [2.45, 2.75) is 27.3 Å². The molecule has 0 fully saturated rings. The third kappa shape index (κ3) is 3.20. The summed E-state index contributed by atoms with van der Waals surface area (Å²) in [5.74, 6) is -0.991. The smallest absolute Gasteiger partial charge is 0.287 e. The van der Waals surface area contributed by atoms with Gasteiger partial charge in [0.1, 0.15) is 0 Å². The number of carbonyl (C=O) groups is 2. The summed E-state index contributed by atoms with van der Waals surface area (Å²) in [6.07, 6.45) is 0. The van der Waals surface area contributed by atoms with Gasteiger partial charge >= 0.3 is 0 Å². The number of aryl methyl sites for hydroxylation is 2. The minimum atomic E-state index is -0.532. The molecule has 0 bridgehead atoms. The number of benzene rings is 1. The molecule has 1 aromatic rings. The van der Waals surface area contributed by atoms with Crippen molar-refractivity contribution in [3.8, 4) is 0 Å². The van der Waals surface area contributed by atoms with Crippen molar-refractivity contribution in [3.05, 3.63) is 34.9 Å². The topological polar surface area (TPSA) is 46.2 Å². The highest BCUT2D eigenvalue weighted by Gasteiger charge is 2.06. The molecule has 0 saturated carbocycles. The lowest BCUT2D eigenvalue weighted by Gasteiger charge is -2.07. The van der Waals surface area contributed by atoms with E-state index in [0.717, 1.165) is 11.1 Å². The van der Waals surface area contributed by atoms with Gasteiger partial charge in [-0.2, -0.15) is 0 Å². The summed E-state index contributed by atoms with van der Waals surface area (Å²) < 4.78 is 0. The molecule has 0 aliphatic rings. The van der Waals surface area contributed by atoms with Crippen molar-refractivity contribution in [1.82, 2.24) is 5.32 Å². The van der Waals surface area contributed by atoms with Crippen LogP contribution in [0.5, 0.6) is 0 Å². The molecule has 1 rings (SSSR count). The fourth-order valence-corrected chi connectivity index (χ4v) is 1.34. The van der Waals surface area contributed by atoms with Crippen molar-refractivity contribution in [2.24, 2.45) is 0 Å². The van der Waals surface area contributed by atoms with Gasteiger partial charge in [-0.15, -0.1) is 0 Å². The second-order valence-corrected chi connectivity index (χ2v) is 3.67. The van der Waals surface area contributed by atoms with Crippen LogP contribution >= 0.6 is 0 Å². The van der Waals surface area contributed by atoms with Crippen LogP contribution in [0.2, 0.25) is 0 Å². The molecule has 0 atom stereocenters. The monoisotopic (exact) mass is 205 g/mol. The van der Waals surface area contributed by atoms with Crippen LogP contribution in [0.3, 0.4) is 0 Å². The van der Waals surface area contributed by atoms with Gasteiger partial charge in [-0.25, -0.2) is 0 Å². The normalized spacial score (nSPS) is 9.80. The number of hydrogen-bond donors (Lipinski definition) is 1. The summed E-state index contributed by atoms with van der Waals surface area (Å²) in [5.41, 5.74) is 3.35. The van der Waals surface area contributed by atoms with E-state index in [2.05, 4.69) is 11.4 Å². The molecular formula is C12H15NO2. The van der Waals surface area contributed by atoms with Crippen LogP contribution in [-0.4, -0.2) is 11.7 Å². The van der Waals surface area contributed by atoms with E-state index in [1.165, 1.54) is 12.5 Å². The predicted octanol–water partition coefficient (Wildman–Crippen LogP) is 1.51. The lowest BCUT2D eigenvalue weighted by Crippen LogP contribution is -2.28. The van der Waals surface area contributed by atoms with Gasteiger partial charge < -0.3 is 5.32 Å². The van der Waals surface area contributed by atoms with Crippen LogP contribution < -0.4 is 5.32 Å². The average Bonchev–Trinajstić information content (AvgIpc) is 2.15. The van der Waals surface area contributed by atoms with E-state index in [-0.39, 0.29) is 0 Å². The summed E-state index contributed by atoms with van der Waals surface area (Å²) in [5, 5.41) is 2.57. The van der Waals surface area contributed by atoms with Gasteiger partial charge in [0.05, 0.1) is 0 Å². The SMILES string of the molecule is CC(=O)C(=O)NCc1ccc(C)cc1C. The van der Waals surface area contributed by atoms with E-state index in [0.29, 0.717) is 6.54 Å². The molecule has 80 valence electrons. The van der Waals surface area contributed by atoms with E-state index >= 15 is 0 Å². The molecule has 3 heteroatoms. The van der Waals surface area contributed by atoms with Crippen LogP contribution in [0.4, 0.5) is 0 Å². The zero-order chi connectivity index (χ0) is 11.4. The Hall–Kier alpha value is -1.64. The Labute approximate surface area is 89.5 Å². The molecule has 3 nitrogen and oxygen atoms in total. The lowest BCUT2D eigenvalue weighted by atomic mass is 10.1. The summed E-state index contributed by atoms with van der Waals surface area (Å²) in [4.78, 5) is 21.7. The van der Waals surface area contributed by atoms with Crippen molar-refractivity contribution < 1.29 is 9.59 Å². The molecule has 0 aliphatic carbocycles. The largest absolute Gasteiger partial charge is 0.345 e. The molecule has 0 saturated heterocycles. The summed E-state index contributed by atoms with van der Waals surface area (Å²) >= 11 is 0. The zero-order valence-electron chi connectivity index (χ0n) is 9.26. The summed E-state index contributed by atoms with van der Waals surface area (Å²) in [6, 6.07) is 6.00. The third-order valence-electron chi connectivity index (χ3n) is 2.26. The quantitative estimate of drug-likeness (QED) is 0.760. The Morgan fingerprint density at radius 1 is 1.27 bits per heavy atom. The van der Waals surface area contributed by atoms with E-state index in [1.54, 1.807) is 0 Å². The highest BCUT2D eigenvalue weighted by Crippen LogP contribution is 2.09. The number of Topliss-reactive ketones (excluding diaryl/α,β-unsaturated/α-hetero) is 1. The zero-order valence-corrected chi connectivity index (χ0v) is 9.26. The molecule has 0 heterocycles. The van der Waals surface area contributed by atoms with Crippen molar-refractivity contribution >= 4 is 11.7 Å². The Kier molecular flexibility index (Phi) is 3.61. The first-order valence-electron chi connectivity index (χ1n) is 4.85. The lowest BCUT2D eigenvalue weighted by molar-refractivity contribution is -0.136. The first-order valence-corrected chi connectivity index (χ1v) is 4.85. The van der Waals surface area contributed by atoms with E-state index in [9.17, 15) is 9.59 Å². The van der Waals surface area contributed by atoms with Crippen molar-refractivity contribution in [2.75, 3.05) is 0 Å². The van der Waals surface area contributed by atoms with Crippen molar-refractivity contribution in [3.63, 3.8) is 0 Å². The van der Waals surface area contributed by atoms with E-state index in [1.807, 2.05) is 26.0 Å². The van der Waals surface area contributed by atoms with E-state index in [4.69, 9.17) is 0 Å². The van der Waals surface area contributed by atoms with Gasteiger partial charge in [-0.05, 0) is 25.0 Å². The minimum Gasteiger partial charge on any atom is -0.345 e. The standard InChI is InChI=1S/C12H15NO2/c1-8-4-5-11(9(2)6-8)7-13-12(15)10(3)14/h4-6H,7H2,1-3H3,(H,13,15). The number of hydrogen-bond acceptors (Lipinski definition) is 2. The van der Waals surface area contributed by atoms with E-state index < -0.39 is 11.7 Å². The molecule has 15 heavy (non-hydrogen) atoms. The highest BCUT2D eigenvalue weighted by molar-refractivity contribution is 6.35. The van der Waals surface area contributed by atoms with Crippen LogP contribution in [0.15, 0.2) is 18.2 Å². The van der Waals surface area contributed by atoms with Gasteiger partial charge in [0.2, 0.25) is 5.78 Å². The Bertz CT molecular complexity index is 397. The number of ketones is 1. The van der Waals surface area contributed by atoms with Crippen molar-refractivity contribution in [1.29, 1.82) is 0 Å². The molecule has 0 unspecified atom stereocenters. The van der Waals surface area contributed by atoms with Crippen LogP contribution in [0.25, 0.3) is 0 Å². The predicted molar refractivity (Wildman–Crippen MR) is 58.4 cm³/mol. The number of nitrogens with one attached hydrogen (secondary N) is 1. The summed E-state index contributed by atoms with van der Waals surface area (Å²) in [6.45, 7) is 5.68. The minimum absolute atomic E-state index is 0.407. The Balaban J connectivity index is 2.66. The van der Waals surface area contributed by atoms with Crippen LogP contribution in [0, 0.1) is 13.8 Å². The molecule has 1 amide bonds. The van der Waals surface area contributed by atoms with Gasteiger partial charge in [-0.1, -0.05) is 23.8 Å². The maximum absolute atomic E-state index is 11.0. The summed E-state index contributed by atoms with van der Waals surface area (Å²) in [7, 11) is 0. The first kappa shape index (κ1) is 11.4. The Morgan fingerprint density at radius 3 is 2.47 bits per heavy atom. The maximum Gasteiger partial charge on any atom is 0.287 e. The molecule has 1 aromatic carbocycles. The second-order valence-electron chi connectivity index (χ2n) is 3.67. The second kappa shape index (κ2) is 4.73. The fourth-order valence-electron chi connectivity index (χ4n) is 1.34. The molecule has 0 radical (unpaired) electrons. The molecular weight excluding hydrogens is 190 g/mol. The van der Waals surface area contributed by atoms with Gasteiger partial charge in [0.15, 0.2) is 0 Å². The molecule has 0 aliphatic heterocycles.